The zero-order valence-corrected chi connectivity index (χ0v) is 14.0. The van der Waals surface area contributed by atoms with E-state index in [9.17, 15) is 9.59 Å². The summed E-state index contributed by atoms with van der Waals surface area (Å²) in [5.74, 6) is -0.0303. The minimum absolute atomic E-state index is 0.0658. The number of nitrogens with zero attached hydrogens (tertiary/aromatic N) is 1. The van der Waals surface area contributed by atoms with Gasteiger partial charge in [0.1, 0.15) is 0 Å². The topological polar surface area (TPSA) is 61.4 Å². The molecule has 3 rings (SSSR count). The molecule has 0 spiro atoms. The lowest BCUT2D eigenvalue weighted by Gasteiger charge is -2.14. The number of nitrogens with one attached hydrogen (secondary N) is 2. The smallest absolute Gasteiger partial charge is 0.251 e. The number of hydrogen-bond donors (Lipinski definition) is 2. The molecular weight excluding hydrogens is 302 g/mol. The Morgan fingerprint density at radius 3 is 2.54 bits per heavy atom. The van der Waals surface area contributed by atoms with Gasteiger partial charge in [-0.1, -0.05) is 18.2 Å². The van der Waals surface area contributed by atoms with Crippen molar-refractivity contribution in [3.63, 3.8) is 0 Å². The number of amides is 2. The van der Waals surface area contributed by atoms with Gasteiger partial charge in [0.25, 0.3) is 5.91 Å². The fraction of sp³-hybridized carbons (Fsp3) is 0.368. The van der Waals surface area contributed by atoms with E-state index in [1.165, 1.54) is 12.8 Å². The van der Waals surface area contributed by atoms with E-state index in [4.69, 9.17) is 0 Å². The molecule has 0 aliphatic carbocycles. The van der Waals surface area contributed by atoms with E-state index in [0.29, 0.717) is 18.7 Å². The molecule has 0 atom stereocenters. The number of fused-ring (bicyclic) bond motifs is 1. The predicted molar refractivity (Wildman–Crippen MR) is 94.9 cm³/mol. The van der Waals surface area contributed by atoms with Gasteiger partial charge in [-0.3, -0.25) is 14.5 Å². The molecule has 0 bridgehead atoms. The maximum Gasteiger partial charge on any atom is 0.251 e. The summed E-state index contributed by atoms with van der Waals surface area (Å²) < 4.78 is 0. The Kier molecular flexibility index (Phi) is 5.11. The molecule has 0 unspecified atom stereocenters. The van der Waals surface area contributed by atoms with Crippen LogP contribution in [0, 0.1) is 0 Å². The SMILES string of the molecule is CNC(=O)c1ccc2ccc(CNC(=O)CN3CCCC3)cc2c1. The molecule has 1 saturated heterocycles. The molecular formula is C19H23N3O2. The van der Waals surface area contributed by atoms with Gasteiger partial charge in [0.05, 0.1) is 6.54 Å². The average Bonchev–Trinajstić information content (AvgIpc) is 3.11. The van der Waals surface area contributed by atoms with Gasteiger partial charge in [-0.05, 0) is 60.5 Å². The molecule has 2 amide bonds. The quantitative estimate of drug-likeness (QED) is 0.883. The highest BCUT2D eigenvalue weighted by Gasteiger charge is 2.14. The molecule has 2 N–H and O–H groups in total. The van der Waals surface area contributed by atoms with Crippen molar-refractivity contribution in [3.8, 4) is 0 Å². The Labute approximate surface area is 142 Å². The van der Waals surface area contributed by atoms with E-state index < -0.39 is 0 Å². The van der Waals surface area contributed by atoms with Crippen LogP contribution in [0.4, 0.5) is 0 Å². The van der Waals surface area contributed by atoms with Gasteiger partial charge in [0.15, 0.2) is 0 Å². The first-order valence-corrected chi connectivity index (χ1v) is 8.39. The van der Waals surface area contributed by atoms with E-state index in [1.54, 1.807) is 7.05 Å². The number of carbonyl (C=O) groups is 2. The first-order chi connectivity index (χ1) is 11.7. The Hall–Kier alpha value is -2.40. The fourth-order valence-corrected chi connectivity index (χ4v) is 3.09. The highest BCUT2D eigenvalue weighted by atomic mass is 16.2. The fourth-order valence-electron chi connectivity index (χ4n) is 3.09. The molecule has 5 heteroatoms. The molecule has 1 aliphatic heterocycles. The number of rotatable bonds is 5. The van der Waals surface area contributed by atoms with E-state index in [0.717, 1.165) is 29.4 Å². The van der Waals surface area contributed by atoms with E-state index >= 15 is 0 Å². The molecule has 24 heavy (non-hydrogen) atoms. The second kappa shape index (κ2) is 7.45. The Morgan fingerprint density at radius 1 is 1.04 bits per heavy atom. The highest BCUT2D eigenvalue weighted by Crippen LogP contribution is 2.18. The van der Waals surface area contributed by atoms with Crippen molar-refractivity contribution >= 4 is 22.6 Å². The number of benzene rings is 2. The minimum Gasteiger partial charge on any atom is -0.355 e. The number of likely N-dealkylation sites (tertiary alicyclic amines) is 1. The third-order valence-corrected chi connectivity index (χ3v) is 4.45. The second-order valence-electron chi connectivity index (χ2n) is 6.24. The first kappa shape index (κ1) is 16.5. The average molecular weight is 325 g/mol. The minimum atomic E-state index is -0.0961. The van der Waals surface area contributed by atoms with Gasteiger partial charge in [-0.25, -0.2) is 0 Å². The van der Waals surface area contributed by atoms with Crippen LogP contribution in [0.25, 0.3) is 10.8 Å². The zero-order valence-electron chi connectivity index (χ0n) is 14.0. The summed E-state index contributed by atoms with van der Waals surface area (Å²) in [7, 11) is 1.62. The van der Waals surface area contributed by atoms with Crippen LogP contribution in [0.2, 0.25) is 0 Å². The lowest BCUT2D eigenvalue weighted by Crippen LogP contribution is -2.35. The van der Waals surface area contributed by atoms with Gasteiger partial charge >= 0.3 is 0 Å². The van der Waals surface area contributed by atoms with Gasteiger partial charge in [-0.15, -0.1) is 0 Å². The number of hydrogen-bond acceptors (Lipinski definition) is 3. The van der Waals surface area contributed by atoms with Crippen molar-refractivity contribution in [2.45, 2.75) is 19.4 Å². The summed E-state index contributed by atoms with van der Waals surface area (Å²) in [4.78, 5) is 25.9. The van der Waals surface area contributed by atoms with Crippen LogP contribution in [0.3, 0.4) is 0 Å². The Bertz CT molecular complexity index is 751. The summed E-state index contributed by atoms with van der Waals surface area (Å²) in [5, 5.41) is 7.69. The molecule has 2 aromatic carbocycles. The third kappa shape index (κ3) is 3.92. The maximum atomic E-state index is 12.0. The van der Waals surface area contributed by atoms with E-state index in [1.807, 2.05) is 36.4 Å². The molecule has 0 saturated carbocycles. The van der Waals surface area contributed by atoms with Crippen LogP contribution in [0.15, 0.2) is 36.4 Å². The van der Waals surface area contributed by atoms with E-state index in [2.05, 4.69) is 15.5 Å². The zero-order chi connectivity index (χ0) is 16.9. The number of carbonyl (C=O) groups excluding carboxylic acids is 2. The first-order valence-electron chi connectivity index (χ1n) is 8.39. The maximum absolute atomic E-state index is 12.0. The standard InChI is InChI=1S/C19H23N3O2/c1-20-19(24)16-7-6-15-5-4-14(10-17(15)11-16)12-21-18(23)13-22-8-2-3-9-22/h4-7,10-11H,2-3,8-9,12-13H2,1H3,(H,20,24)(H,21,23). The lowest BCUT2D eigenvalue weighted by atomic mass is 10.0. The molecule has 1 fully saturated rings. The molecule has 0 aromatic heterocycles. The van der Waals surface area contributed by atoms with Crippen LogP contribution in [0.5, 0.6) is 0 Å². The van der Waals surface area contributed by atoms with Gasteiger partial charge in [-0.2, -0.15) is 0 Å². The highest BCUT2D eigenvalue weighted by molar-refractivity contribution is 5.98. The van der Waals surface area contributed by atoms with Crippen LogP contribution in [-0.2, 0) is 11.3 Å². The summed E-state index contributed by atoms with van der Waals surface area (Å²) in [6.45, 7) is 3.03. The van der Waals surface area contributed by atoms with Crippen molar-refractivity contribution in [2.24, 2.45) is 0 Å². The van der Waals surface area contributed by atoms with Crippen LogP contribution in [-0.4, -0.2) is 43.4 Å². The predicted octanol–water partition coefficient (Wildman–Crippen LogP) is 1.91. The van der Waals surface area contributed by atoms with Crippen LogP contribution >= 0.6 is 0 Å². The molecule has 5 nitrogen and oxygen atoms in total. The van der Waals surface area contributed by atoms with Crippen molar-refractivity contribution < 1.29 is 9.59 Å². The normalized spacial score (nSPS) is 14.7. The molecule has 126 valence electrons. The van der Waals surface area contributed by atoms with Gasteiger partial charge < -0.3 is 10.6 Å². The van der Waals surface area contributed by atoms with Crippen molar-refractivity contribution in [1.29, 1.82) is 0 Å². The van der Waals surface area contributed by atoms with Gasteiger partial charge in [0, 0.05) is 19.2 Å². The Morgan fingerprint density at radius 2 is 1.79 bits per heavy atom. The molecule has 1 heterocycles. The summed E-state index contributed by atoms with van der Waals surface area (Å²) in [6, 6.07) is 11.7. The summed E-state index contributed by atoms with van der Waals surface area (Å²) >= 11 is 0. The summed E-state index contributed by atoms with van der Waals surface area (Å²) in [5.41, 5.74) is 1.67. The second-order valence-corrected chi connectivity index (χ2v) is 6.24. The Balaban J connectivity index is 1.65. The van der Waals surface area contributed by atoms with Crippen LogP contribution in [0.1, 0.15) is 28.8 Å². The lowest BCUT2D eigenvalue weighted by molar-refractivity contribution is -0.122. The van der Waals surface area contributed by atoms with E-state index in [-0.39, 0.29) is 11.8 Å². The third-order valence-electron chi connectivity index (χ3n) is 4.45. The van der Waals surface area contributed by atoms with Crippen molar-refractivity contribution in [2.75, 3.05) is 26.7 Å². The largest absolute Gasteiger partial charge is 0.355 e. The van der Waals surface area contributed by atoms with Crippen molar-refractivity contribution in [3.05, 3.63) is 47.5 Å². The van der Waals surface area contributed by atoms with Gasteiger partial charge in [0.2, 0.25) is 5.91 Å². The molecule has 1 aliphatic rings. The molecule has 0 radical (unpaired) electrons. The van der Waals surface area contributed by atoms with Crippen LogP contribution < -0.4 is 10.6 Å². The van der Waals surface area contributed by atoms with Crippen molar-refractivity contribution in [1.82, 2.24) is 15.5 Å². The monoisotopic (exact) mass is 325 g/mol. The molecule has 2 aromatic rings. The summed E-state index contributed by atoms with van der Waals surface area (Å²) in [6.07, 6.45) is 2.37.